The summed E-state index contributed by atoms with van der Waals surface area (Å²) in [6.45, 7) is 1.92. The molecule has 34 heavy (non-hydrogen) atoms. The van der Waals surface area contributed by atoms with E-state index in [1.807, 2.05) is 0 Å². The summed E-state index contributed by atoms with van der Waals surface area (Å²) in [5.74, 6) is -0.240. The number of carbonyl (C=O) groups excluding carboxylic acids is 1. The van der Waals surface area contributed by atoms with Gasteiger partial charge in [0.2, 0.25) is 5.88 Å². The number of alkyl halides is 3. The van der Waals surface area contributed by atoms with Crippen LogP contribution in [-0.4, -0.2) is 27.1 Å². The standard InChI is InChI=1S/C23H19F4N5O2/c1-13-11-16-17(32(13)22(33)30-15-4-2-3-14(12-15)23(25,26)27)5-6-18(21(16)24)34-20-8-10-29-19(31-20)7-9-28/h2-6,8,10-12H,7,9,28H2,1H3,(H,30,33). The van der Waals surface area contributed by atoms with Crippen LogP contribution in [0.3, 0.4) is 0 Å². The van der Waals surface area contributed by atoms with Crippen LogP contribution in [0.15, 0.2) is 54.7 Å². The summed E-state index contributed by atoms with van der Waals surface area (Å²) in [6.07, 6.45) is -2.64. The average molecular weight is 473 g/mol. The van der Waals surface area contributed by atoms with Gasteiger partial charge in [-0.2, -0.15) is 18.2 Å². The third-order valence-corrected chi connectivity index (χ3v) is 4.97. The van der Waals surface area contributed by atoms with Gasteiger partial charge >= 0.3 is 12.2 Å². The lowest BCUT2D eigenvalue weighted by Crippen LogP contribution is -2.20. The molecule has 7 nitrogen and oxygen atoms in total. The van der Waals surface area contributed by atoms with Crippen molar-refractivity contribution >= 4 is 22.6 Å². The predicted molar refractivity (Wildman–Crippen MR) is 117 cm³/mol. The number of ether oxygens (including phenoxy) is 1. The summed E-state index contributed by atoms with van der Waals surface area (Å²) in [6, 6.07) is 9.26. The summed E-state index contributed by atoms with van der Waals surface area (Å²) in [5.41, 5.74) is 5.16. The molecule has 3 N–H and O–H groups in total. The first-order valence-corrected chi connectivity index (χ1v) is 10.2. The number of halogens is 4. The van der Waals surface area contributed by atoms with Gasteiger partial charge in [0.1, 0.15) is 5.82 Å². The molecule has 0 aliphatic rings. The molecule has 0 unspecified atom stereocenters. The molecule has 4 rings (SSSR count). The normalized spacial score (nSPS) is 11.6. The Hall–Kier alpha value is -3.99. The van der Waals surface area contributed by atoms with Gasteiger partial charge in [0.15, 0.2) is 11.6 Å². The average Bonchev–Trinajstić information content (AvgIpc) is 3.13. The van der Waals surface area contributed by atoms with E-state index in [0.717, 1.165) is 12.1 Å². The summed E-state index contributed by atoms with van der Waals surface area (Å²) < 4.78 is 60.9. The number of aryl methyl sites for hydroxylation is 1. The number of fused-ring (bicyclic) bond motifs is 1. The number of anilines is 1. The molecule has 0 fully saturated rings. The van der Waals surface area contributed by atoms with Crippen LogP contribution in [0, 0.1) is 12.7 Å². The molecule has 0 radical (unpaired) electrons. The second kappa shape index (κ2) is 9.10. The van der Waals surface area contributed by atoms with Crippen LogP contribution < -0.4 is 15.8 Å². The quantitative estimate of drug-likeness (QED) is 0.385. The van der Waals surface area contributed by atoms with Crippen LogP contribution in [0.5, 0.6) is 11.6 Å². The van der Waals surface area contributed by atoms with E-state index in [-0.39, 0.29) is 28.2 Å². The van der Waals surface area contributed by atoms with Gasteiger partial charge in [0, 0.05) is 35.5 Å². The number of hydrogen-bond acceptors (Lipinski definition) is 5. The minimum Gasteiger partial charge on any atom is -0.436 e. The van der Waals surface area contributed by atoms with E-state index < -0.39 is 23.6 Å². The van der Waals surface area contributed by atoms with Gasteiger partial charge in [-0.1, -0.05) is 6.07 Å². The maximum atomic E-state index is 15.2. The molecule has 0 aliphatic carbocycles. The maximum Gasteiger partial charge on any atom is 0.416 e. The van der Waals surface area contributed by atoms with E-state index in [2.05, 4.69) is 15.3 Å². The van der Waals surface area contributed by atoms with E-state index in [1.54, 1.807) is 6.92 Å². The van der Waals surface area contributed by atoms with Gasteiger partial charge in [0.25, 0.3) is 0 Å². The van der Waals surface area contributed by atoms with Crippen LogP contribution in [-0.2, 0) is 12.6 Å². The summed E-state index contributed by atoms with van der Waals surface area (Å²) >= 11 is 0. The fourth-order valence-corrected chi connectivity index (χ4v) is 3.46. The van der Waals surface area contributed by atoms with Crippen LogP contribution in [0.1, 0.15) is 17.1 Å². The Kier molecular flexibility index (Phi) is 6.20. The predicted octanol–water partition coefficient (Wildman–Crippen LogP) is 5.27. The summed E-state index contributed by atoms with van der Waals surface area (Å²) in [4.78, 5) is 21.1. The Morgan fingerprint density at radius 2 is 1.97 bits per heavy atom. The highest BCUT2D eigenvalue weighted by Crippen LogP contribution is 2.33. The van der Waals surface area contributed by atoms with Crippen molar-refractivity contribution < 1.29 is 27.1 Å². The molecule has 0 atom stereocenters. The van der Waals surface area contributed by atoms with E-state index in [9.17, 15) is 18.0 Å². The zero-order valence-corrected chi connectivity index (χ0v) is 17.9. The Morgan fingerprint density at radius 1 is 1.18 bits per heavy atom. The van der Waals surface area contributed by atoms with Crippen LogP contribution >= 0.6 is 0 Å². The van der Waals surface area contributed by atoms with Crippen molar-refractivity contribution in [2.75, 3.05) is 11.9 Å². The van der Waals surface area contributed by atoms with Crippen LogP contribution in [0.2, 0.25) is 0 Å². The highest BCUT2D eigenvalue weighted by molar-refractivity contribution is 6.00. The van der Waals surface area contributed by atoms with Crippen LogP contribution in [0.4, 0.5) is 28.0 Å². The SMILES string of the molecule is Cc1cc2c(F)c(Oc3ccnc(CCN)n3)ccc2n1C(=O)Nc1cccc(C(F)(F)F)c1. The van der Waals surface area contributed by atoms with Gasteiger partial charge in [-0.15, -0.1) is 0 Å². The molecule has 2 aromatic carbocycles. The number of rotatable bonds is 5. The van der Waals surface area contributed by atoms with Gasteiger partial charge in [-0.05, 0) is 49.9 Å². The zero-order chi connectivity index (χ0) is 24.5. The summed E-state index contributed by atoms with van der Waals surface area (Å²) in [5, 5.41) is 2.53. The smallest absolute Gasteiger partial charge is 0.416 e. The molecule has 0 saturated carbocycles. The molecule has 4 aromatic rings. The van der Waals surface area contributed by atoms with Crippen molar-refractivity contribution in [1.29, 1.82) is 0 Å². The molecule has 0 bridgehead atoms. The molecule has 0 saturated heterocycles. The maximum absolute atomic E-state index is 15.2. The number of aromatic nitrogens is 3. The molecule has 2 aromatic heterocycles. The van der Waals surface area contributed by atoms with E-state index in [1.165, 1.54) is 47.2 Å². The minimum absolute atomic E-state index is 0.0430. The highest BCUT2D eigenvalue weighted by atomic mass is 19.4. The Balaban J connectivity index is 1.63. The van der Waals surface area contributed by atoms with Gasteiger partial charge in [0.05, 0.1) is 11.1 Å². The van der Waals surface area contributed by atoms with E-state index >= 15 is 4.39 Å². The molecule has 0 spiro atoms. The lowest BCUT2D eigenvalue weighted by atomic mass is 10.2. The fraction of sp³-hybridized carbons (Fsp3) is 0.174. The second-order valence-electron chi connectivity index (χ2n) is 7.39. The lowest BCUT2D eigenvalue weighted by Gasteiger charge is -2.12. The number of nitrogens with two attached hydrogens (primary N) is 1. The largest absolute Gasteiger partial charge is 0.436 e. The number of carbonyl (C=O) groups is 1. The third kappa shape index (κ3) is 4.69. The number of benzene rings is 2. The molecule has 0 aliphatic heterocycles. The van der Waals surface area contributed by atoms with Crippen molar-refractivity contribution in [2.45, 2.75) is 19.5 Å². The molecular formula is C23H19F4N5O2. The zero-order valence-electron chi connectivity index (χ0n) is 17.9. The molecule has 176 valence electrons. The molecule has 1 amide bonds. The molecular weight excluding hydrogens is 454 g/mol. The number of nitrogens with zero attached hydrogens (tertiary/aromatic N) is 3. The number of amides is 1. The number of nitrogens with one attached hydrogen (secondary N) is 1. The minimum atomic E-state index is -4.55. The van der Waals surface area contributed by atoms with Crippen molar-refractivity contribution in [3.63, 3.8) is 0 Å². The highest BCUT2D eigenvalue weighted by Gasteiger charge is 2.30. The Labute approximate surface area is 191 Å². The number of hydrogen-bond donors (Lipinski definition) is 2. The van der Waals surface area contributed by atoms with E-state index in [4.69, 9.17) is 10.5 Å². The molecule has 2 heterocycles. The van der Waals surface area contributed by atoms with Crippen molar-refractivity contribution in [3.8, 4) is 11.6 Å². The van der Waals surface area contributed by atoms with Crippen molar-refractivity contribution in [3.05, 3.63) is 77.6 Å². The fourth-order valence-electron chi connectivity index (χ4n) is 3.46. The van der Waals surface area contributed by atoms with Crippen molar-refractivity contribution in [1.82, 2.24) is 14.5 Å². The van der Waals surface area contributed by atoms with Crippen molar-refractivity contribution in [2.24, 2.45) is 5.73 Å². The van der Waals surface area contributed by atoms with Gasteiger partial charge in [-0.3, -0.25) is 4.57 Å². The van der Waals surface area contributed by atoms with Gasteiger partial charge < -0.3 is 15.8 Å². The third-order valence-electron chi connectivity index (χ3n) is 4.97. The topological polar surface area (TPSA) is 95.1 Å². The van der Waals surface area contributed by atoms with E-state index in [0.29, 0.717) is 24.5 Å². The Morgan fingerprint density at radius 3 is 2.71 bits per heavy atom. The molecule has 11 heteroatoms. The first kappa shape index (κ1) is 23.2. The van der Waals surface area contributed by atoms with Crippen LogP contribution in [0.25, 0.3) is 10.9 Å². The second-order valence-corrected chi connectivity index (χ2v) is 7.39. The van der Waals surface area contributed by atoms with Gasteiger partial charge in [-0.25, -0.2) is 14.2 Å². The first-order chi connectivity index (χ1) is 16.2. The first-order valence-electron chi connectivity index (χ1n) is 10.2. The monoisotopic (exact) mass is 473 g/mol. The summed E-state index contributed by atoms with van der Waals surface area (Å²) in [7, 11) is 0. The Bertz CT molecular complexity index is 1370. The lowest BCUT2D eigenvalue weighted by molar-refractivity contribution is -0.137.